The number of nitrogens with one attached hydrogen (secondary N) is 1. The van der Waals surface area contributed by atoms with Crippen molar-refractivity contribution in [3.8, 4) is 17.0 Å². The van der Waals surface area contributed by atoms with E-state index in [1.54, 1.807) is 7.11 Å². The maximum atomic E-state index is 13.2. The summed E-state index contributed by atoms with van der Waals surface area (Å²) in [6, 6.07) is 25.2. The van der Waals surface area contributed by atoms with Crippen molar-refractivity contribution in [3.63, 3.8) is 0 Å². The molecule has 1 N–H and O–H groups in total. The van der Waals surface area contributed by atoms with Crippen molar-refractivity contribution in [2.24, 2.45) is 0 Å². The number of carbonyl (C=O) groups excluding carboxylic acids is 1. The van der Waals surface area contributed by atoms with Crippen LogP contribution in [0, 0.1) is 0 Å². The molecule has 0 saturated heterocycles. The number of benzene rings is 3. The molecule has 0 bridgehead atoms. The molecular formula is C25H22N2O2. The van der Waals surface area contributed by atoms with Crippen LogP contribution in [0.2, 0.25) is 0 Å². The molecule has 0 aliphatic carbocycles. The smallest absolute Gasteiger partial charge is 0.256 e. The van der Waals surface area contributed by atoms with Gasteiger partial charge in [0.05, 0.1) is 23.9 Å². The zero-order valence-corrected chi connectivity index (χ0v) is 16.5. The molecule has 0 aliphatic rings. The molecule has 0 radical (unpaired) electrons. The number of aromatic nitrogens is 1. The summed E-state index contributed by atoms with van der Waals surface area (Å²) in [6.07, 6.45) is 0.920. The largest absolute Gasteiger partial charge is 0.497 e. The van der Waals surface area contributed by atoms with Crippen molar-refractivity contribution in [2.45, 2.75) is 13.3 Å². The highest BCUT2D eigenvalue weighted by Crippen LogP contribution is 2.27. The van der Waals surface area contributed by atoms with E-state index in [2.05, 4.69) is 18.3 Å². The van der Waals surface area contributed by atoms with Gasteiger partial charge in [-0.2, -0.15) is 0 Å². The van der Waals surface area contributed by atoms with Gasteiger partial charge in [0.25, 0.3) is 5.91 Å². The van der Waals surface area contributed by atoms with E-state index >= 15 is 0 Å². The minimum Gasteiger partial charge on any atom is -0.497 e. The summed E-state index contributed by atoms with van der Waals surface area (Å²) in [4.78, 5) is 17.9. The predicted molar refractivity (Wildman–Crippen MR) is 118 cm³/mol. The fraction of sp³-hybridized carbons (Fsp3) is 0.120. The summed E-state index contributed by atoms with van der Waals surface area (Å²) in [7, 11) is 1.64. The lowest BCUT2D eigenvalue weighted by Crippen LogP contribution is -2.13. The first-order valence-corrected chi connectivity index (χ1v) is 9.62. The molecule has 0 fully saturated rings. The molecule has 0 atom stereocenters. The number of rotatable bonds is 5. The first-order valence-electron chi connectivity index (χ1n) is 9.62. The Bertz CT molecular complexity index is 1170. The number of amides is 1. The molecule has 4 aromatic rings. The van der Waals surface area contributed by atoms with Gasteiger partial charge in [-0.05, 0) is 60.5 Å². The summed E-state index contributed by atoms with van der Waals surface area (Å²) in [5.41, 5.74) is 5.04. The fourth-order valence-electron chi connectivity index (χ4n) is 3.34. The average molecular weight is 382 g/mol. The monoisotopic (exact) mass is 382 g/mol. The SMILES string of the molecule is CCc1cccc(NC(=O)c2cc(-c3ccc(OC)cc3)nc3ccccc23)c1. The molecule has 4 rings (SSSR count). The van der Waals surface area contributed by atoms with Gasteiger partial charge in [0.1, 0.15) is 5.75 Å². The molecule has 0 unspecified atom stereocenters. The lowest BCUT2D eigenvalue weighted by Gasteiger charge is -2.11. The Morgan fingerprint density at radius 1 is 0.966 bits per heavy atom. The third-order valence-corrected chi connectivity index (χ3v) is 4.94. The molecule has 144 valence electrons. The van der Waals surface area contributed by atoms with E-state index in [1.807, 2.05) is 72.8 Å². The van der Waals surface area contributed by atoms with E-state index in [1.165, 1.54) is 5.56 Å². The van der Waals surface area contributed by atoms with Crippen molar-refractivity contribution >= 4 is 22.5 Å². The second-order valence-corrected chi connectivity index (χ2v) is 6.81. The van der Waals surface area contributed by atoms with E-state index < -0.39 is 0 Å². The normalized spacial score (nSPS) is 10.7. The van der Waals surface area contributed by atoms with Crippen molar-refractivity contribution in [1.29, 1.82) is 0 Å². The zero-order chi connectivity index (χ0) is 20.2. The van der Waals surface area contributed by atoms with Gasteiger partial charge in [-0.1, -0.05) is 37.3 Å². The van der Waals surface area contributed by atoms with E-state index in [0.717, 1.165) is 40.0 Å². The minimum absolute atomic E-state index is 0.147. The van der Waals surface area contributed by atoms with Gasteiger partial charge in [0.15, 0.2) is 0 Å². The Hall–Kier alpha value is -3.66. The van der Waals surface area contributed by atoms with Crippen molar-refractivity contribution in [2.75, 3.05) is 12.4 Å². The number of methoxy groups -OCH3 is 1. The van der Waals surface area contributed by atoms with Crippen molar-refractivity contribution < 1.29 is 9.53 Å². The molecule has 1 aromatic heterocycles. The number of fused-ring (bicyclic) bond motifs is 1. The molecule has 0 aliphatic heterocycles. The van der Waals surface area contributed by atoms with Crippen LogP contribution >= 0.6 is 0 Å². The van der Waals surface area contributed by atoms with Crippen LogP contribution in [-0.4, -0.2) is 18.0 Å². The van der Waals surface area contributed by atoms with Gasteiger partial charge in [-0.15, -0.1) is 0 Å². The number of para-hydroxylation sites is 1. The lowest BCUT2D eigenvalue weighted by atomic mass is 10.0. The quantitative estimate of drug-likeness (QED) is 0.480. The van der Waals surface area contributed by atoms with Gasteiger partial charge in [0.2, 0.25) is 0 Å². The first-order chi connectivity index (χ1) is 14.2. The van der Waals surface area contributed by atoms with E-state index in [9.17, 15) is 4.79 Å². The molecule has 29 heavy (non-hydrogen) atoms. The van der Waals surface area contributed by atoms with Crippen LogP contribution in [0.5, 0.6) is 5.75 Å². The topological polar surface area (TPSA) is 51.2 Å². The number of pyridine rings is 1. The van der Waals surface area contributed by atoms with Gasteiger partial charge < -0.3 is 10.1 Å². The minimum atomic E-state index is -0.147. The molecule has 1 heterocycles. The van der Waals surface area contributed by atoms with Crippen LogP contribution in [0.3, 0.4) is 0 Å². The predicted octanol–water partition coefficient (Wildman–Crippen LogP) is 5.73. The molecular weight excluding hydrogens is 360 g/mol. The number of aryl methyl sites for hydroxylation is 1. The third kappa shape index (κ3) is 3.97. The standard InChI is InChI=1S/C25H22N2O2/c1-3-17-7-6-8-19(15-17)26-25(28)22-16-24(18-11-13-20(29-2)14-12-18)27-23-10-5-4-9-21(22)23/h4-16H,3H2,1-2H3,(H,26,28). The Morgan fingerprint density at radius 3 is 2.52 bits per heavy atom. The number of hydrogen-bond donors (Lipinski definition) is 1. The van der Waals surface area contributed by atoms with Crippen LogP contribution in [0.4, 0.5) is 5.69 Å². The second kappa shape index (κ2) is 8.15. The molecule has 3 aromatic carbocycles. The van der Waals surface area contributed by atoms with Gasteiger partial charge in [-0.3, -0.25) is 4.79 Å². The van der Waals surface area contributed by atoms with E-state index in [4.69, 9.17) is 9.72 Å². The number of ether oxygens (including phenoxy) is 1. The number of anilines is 1. The van der Waals surface area contributed by atoms with Crippen LogP contribution in [0.15, 0.2) is 78.9 Å². The van der Waals surface area contributed by atoms with Gasteiger partial charge in [0, 0.05) is 16.6 Å². The van der Waals surface area contributed by atoms with E-state index in [0.29, 0.717) is 5.56 Å². The van der Waals surface area contributed by atoms with Crippen molar-refractivity contribution in [3.05, 3.63) is 90.0 Å². The summed E-state index contributed by atoms with van der Waals surface area (Å²) in [5.74, 6) is 0.634. The van der Waals surface area contributed by atoms with Crippen LogP contribution in [0.25, 0.3) is 22.2 Å². The van der Waals surface area contributed by atoms with E-state index in [-0.39, 0.29) is 5.91 Å². The van der Waals surface area contributed by atoms with Gasteiger partial charge in [-0.25, -0.2) is 4.98 Å². The highest BCUT2D eigenvalue weighted by Gasteiger charge is 2.14. The maximum Gasteiger partial charge on any atom is 0.256 e. The third-order valence-electron chi connectivity index (χ3n) is 4.94. The van der Waals surface area contributed by atoms with Crippen molar-refractivity contribution in [1.82, 2.24) is 4.98 Å². The zero-order valence-electron chi connectivity index (χ0n) is 16.5. The summed E-state index contributed by atoms with van der Waals surface area (Å²) in [5, 5.41) is 3.86. The van der Waals surface area contributed by atoms with Crippen LogP contribution in [-0.2, 0) is 6.42 Å². The number of carbonyl (C=O) groups is 1. The highest BCUT2D eigenvalue weighted by atomic mass is 16.5. The number of hydrogen-bond acceptors (Lipinski definition) is 3. The Kier molecular flexibility index (Phi) is 5.25. The van der Waals surface area contributed by atoms with Gasteiger partial charge >= 0.3 is 0 Å². The summed E-state index contributed by atoms with van der Waals surface area (Å²) >= 11 is 0. The summed E-state index contributed by atoms with van der Waals surface area (Å²) in [6.45, 7) is 2.10. The molecule has 4 nitrogen and oxygen atoms in total. The highest BCUT2D eigenvalue weighted by molar-refractivity contribution is 6.13. The lowest BCUT2D eigenvalue weighted by molar-refractivity contribution is 0.102. The Morgan fingerprint density at radius 2 is 1.76 bits per heavy atom. The molecule has 0 spiro atoms. The molecule has 4 heteroatoms. The number of nitrogens with zero attached hydrogens (tertiary/aromatic N) is 1. The fourth-order valence-corrected chi connectivity index (χ4v) is 3.34. The van der Waals surface area contributed by atoms with Crippen LogP contribution in [0.1, 0.15) is 22.8 Å². The summed E-state index contributed by atoms with van der Waals surface area (Å²) < 4.78 is 5.24. The Balaban J connectivity index is 1.76. The maximum absolute atomic E-state index is 13.2. The molecule has 0 saturated carbocycles. The first kappa shape index (κ1) is 18.7. The second-order valence-electron chi connectivity index (χ2n) is 6.81. The van der Waals surface area contributed by atoms with Crippen LogP contribution < -0.4 is 10.1 Å². The molecule has 1 amide bonds. The Labute approximate surface area is 170 Å². The average Bonchev–Trinajstić information content (AvgIpc) is 2.78.